The molecule has 0 saturated carbocycles. The predicted molar refractivity (Wildman–Crippen MR) is 74.7 cm³/mol. The highest BCUT2D eigenvalue weighted by molar-refractivity contribution is 9.11. The molecule has 1 rings (SSSR count). The normalized spacial score (nSPS) is 19.4. The SMILES string of the molecule is C=C(C)C1(O)CCNCC1.C=C/C(Br)=C\C. The van der Waals surface area contributed by atoms with Crippen LogP contribution in [0.3, 0.4) is 0 Å². The summed E-state index contributed by atoms with van der Waals surface area (Å²) in [6, 6.07) is 0. The minimum atomic E-state index is -0.578. The van der Waals surface area contributed by atoms with Crippen molar-refractivity contribution in [3.05, 3.63) is 35.4 Å². The van der Waals surface area contributed by atoms with Crippen molar-refractivity contribution < 1.29 is 5.11 Å². The van der Waals surface area contributed by atoms with Crippen molar-refractivity contribution in [2.45, 2.75) is 32.3 Å². The Labute approximate surface area is 107 Å². The van der Waals surface area contributed by atoms with Gasteiger partial charge >= 0.3 is 0 Å². The molecule has 0 aromatic rings. The Balaban J connectivity index is 0.000000325. The van der Waals surface area contributed by atoms with Crippen molar-refractivity contribution in [3.8, 4) is 0 Å². The molecular formula is C13H22BrNO. The van der Waals surface area contributed by atoms with Crippen molar-refractivity contribution >= 4 is 15.9 Å². The topological polar surface area (TPSA) is 32.3 Å². The summed E-state index contributed by atoms with van der Waals surface area (Å²) in [6.45, 7) is 12.9. The maximum Gasteiger partial charge on any atom is 0.0875 e. The highest BCUT2D eigenvalue weighted by atomic mass is 79.9. The van der Waals surface area contributed by atoms with Crippen LogP contribution in [0, 0.1) is 0 Å². The molecule has 0 amide bonds. The lowest BCUT2D eigenvalue weighted by Crippen LogP contribution is -2.42. The van der Waals surface area contributed by atoms with Gasteiger partial charge < -0.3 is 10.4 Å². The van der Waals surface area contributed by atoms with E-state index in [1.807, 2.05) is 19.9 Å². The maximum absolute atomic E-state index is 9.81. The smallest absolute Gasteiger partial charge is 0.0875 e. The Morgan fingerprint density at radius 3 is 2.12 bits per heavy atom. The van der Waals surface area contributed by atoms with Crippen LogP contribution >= 0.6 is 15.9 Å². The highest BCUT2D eigenvalue weighted by Gasteiger charge is 2.29. The fourth-order valence-electron chi connectivity index (χ4n) is 1.38. The molecule has 1 aliphatic rings. The fraction of sp³-hybridized carbons (Fsp3) is 0.538. The summed E-state index contributed by atoms with van der Waals surface area (Å²) >= 11 is 3.22. The Morgan fingerprint density at radius 1 is 1.44 bits per heavy atom. The third kappa shape index (κ3) is 5.64. The maximum atomic E-state index is 9.81. The molecule has 0 aromatic carbocycles. The molecule has 0 radical (unpaired) electrons. The van der Waals surface area contributed by atoms with Crippen LogP contribution in [0.2, 0.25) is 0 Å². The van der Waals surface area contributed by atoms with Crippen molar-refractivity contribution in [3.63, 3.8) is 0 Å². The highest BCUT2D eigenvalue weighted by Crippen LogP contribution is 2.24. The van der Waals surface area contributed by atoms with Crippen molar-refractivity contribution in [1.29, 1.82) is 0 Å². The Hall–Kier alpha value is -0.380. The molecule has 92 valence electrons. The summed E-state index contributed by atoms with van der Waals surface area (Å²) in [5.74, 6) is 0. The van der Waals surface area contributed by atoms with Crippen LogP contribution in [-0.4, -0.2) is 23.8 Å². The number of piperidine rings is 1. The molecule has 0 atom stereocenters. The van der Waals surface area contributed by atoms with Crippen molar-refractivity contribution in [1.82, 2.24) is 5.32 Å². The summed E-state index contributed by atoms with van der Waals surface area (Å²) in [6.07, 6.45) is 5.30. The number of aliphatic hydroxyl groups is 1. The third-order valence-electron chi connectivity index (χ3n) is 2.70. The second-order valence-electron chi connectivity index (χ2n) is 3.94. The molecule has 2 nitrogen and oxygen atoms in total. The minimum Gasteiger partial charge on any atom is -0.385 e. The van der Waals surface area contributed by atoms with Crippen molar-refractivity contribution in [2.24, 2.45) is 0 Å². The first-order valence-electron chi connectivity index (χ1n) is 5.49. The molecule has 2 N–H and O–H groups in total. The molecule has 16 heavy (non-hydrogen) atoms. The van der Waals surface area contributed by atoms with Gasteiger partial charge in [-0.25, -0.2) is 0 Å². The van der Waals surface area contributed by atoms with Crippen LogP contribution in [0.4, 0.5) is 0 Å². The molecule has 1 heterocycles. The molecular weight excluding hydrogens is 266 g/mol. The zero-order valence-corrected chi connectivity index (χ0v) is 11.8. The quantitative estimate of drug-likeness (QED) is 0.604. The largest absolute Gasteiger partial charge is 0.385 e. The Kier molecular flexibility index (Phi) is 7.64. The van der Waals surface area contributed by atoms with Crippen molar-refractivity contribution in [2.75, 3.05) is 13.1 Å². The number of hydrogen-bond donors (Lipinski definition) is 2. The first kappa shape index (κ1) is 15.6. The molecule has 0 aromatic heterocycles. The lowest BCUT2D eigenvalue weighted by atomic mass is 9.87. The number of rotatable bonds is 2. The lowest BCUT2D eigenvalue weighted by molar-refractivity contribution is 0.0468. The summed E-state index contributed by atoms with van der Waals surface area (Å²) in [4.78, 5) is 0. The zero-order chi connectivity index (χ0) is 12.6. The summed E-state index contributed by atoms with van der Waals surface area (Å²) in [5.41, 5.74) is 0.319. The van der Waals surface area contributed by atoms with Gasteiger partial charge in [-0.05, 0) is 45.4 Å². The van der Waals surface area contributed by atoms with Gasteiger partial charge in [-0.2, -0.15) is 0 Å². The lowest BCUT2D eigenvalue weighted by Gasteiger charge is -2.32. The first-order valence-corrected chi connectivity index (χ1v) is 6.29. The van der Waals surface area contributed by atoms with Gasteiger partial charge in [-0.15, -0.1) is 0 Å². The van der Waals surface area contributed by atoms with Gasteiger partial charge in [0.15, 0.2) is 0 Å². The number of nitrogens with one attached hydrogen (secondary N) is 1. The van der Waals surface area contributed by atoms with Crippen LogP contribution in [0.5, 0.6) is 0 Å². The molecule has 1 aliphatic heterocycles. The second kappa shape index (κ2) is 7.82. The number of halogens is 1. The van der Waals surface area contributed by atoms with Gasteiger partial charge in [0.05, 0.1) is 5.60 Å². The Morgan fingerprint density at radius 2 is 1.94 bits per heavy atom. The molecule has 1 fully saturated rings. The molecule has 3 heteroatoms. The number of allylic oxidation sites excluding steroid dienone is 3. The van der Waals surface area contributed by atoms with Crippen LogP contribution in [0.1, 0.15) is 26.7 Å². The molecule has 0 spiro atoms. The monoisotopic (exact) mass is 287 g/mol. The van der Waals surface area contributed by atoms with Gasteiger partial charge in [0.25, 0.3) is 0 Å². The average Bonchev–Trinajstić information content (AvgIpc) is 2.29. The first-order chi connectivity index (χ1) is 7.46. The summed E-state index contributed by atoms with van der Waals surface area (Å²) in [5, 5.41) is 13.0. The van der Waals surface area contributed by atoms with Gasteiger partial charge in [-0.1, -0.05) is 41.2 Å². The zero-order valence-electron chi connectivity index (χ0n) is 10.2. The van der Waals surface area contributed by atoms with E-state index in [0.717, 1.165) is 36.0 Å². The minimum absolute atomic E-state index is 0.578. The van der Waals surface area contributed by atoms with E-state index >= 15 is 0 Å². The van der Waals surface area contributed by atoms with Crippen LogP contribution in [-0.2, 0) is 0 Å². The van der Waals surface area contributed by atoms with Crippen LogP contribution < -0.4 is 5.32 Å². The van der Waals surface area contributed by atoms with Crippen LogP contribution in [0.15, 0.2) is 35.4 Å². The van der Waals surface area contributed by atoms with Gasteiger partial charge in [0.1, 0.15) is 0 Å². The van der Waals surface area contributed by atoms with Gasteiger partial charge in [0, 0.05) is 4.48 Å². The molecule has 0 bridgehead atoms. The van der Waals surface area contributed by atoms with Gasteiger partial charge in [0.2, 0.25) is 0 Å². The average molecular weight is 288 g/mol. The molecule has 0 unspecified atom stereocenters. The fourth-order valence-corrected chi connectivity index (χ4v) is 1.38. The van der Waals surface area contributed by atoms with Gasteiger partial charge in [-0.3, -0.25) is 0 Å². The Bertz CT molecular complexity index is 265. The van der Waals surface area contributed by atoms with E-state index in [1.165, 1.54) is 0 Å². The third-order valence-corrected chi connectivity index (χ3v) is 3.48. The standard InChI is InChI=1S/C8H15NO.C5H7Br/c1-7(2)8(10)3-5-9-6-4-8;1-3-5(6)4-2/h9-10H,1,3-6H2,2H3;3-4H,1H2,2H3/b;5-4+. The van der Waals surface area contributed by atoms with E-state index in [4.69, 9.17) is 0 Å². The van der Waals surface area contributed by atoms with E-state index in [0.29, 0.717) is 0 Å². The summed E-state index contributed by atoms with van der Waals surface area (Å²) in [7, 11) is 0. The van der Waals surface area contributed by atoms with E-state index in [2.05, 4.69) is 34.4 Å². The van der Waals surface area contributed by atoms with Crippen LogP contribution in [0.25, 0.3) is 0 Å². The van der Waals surface area contributed by atoms with E-state index in [1.54, 1.807) is 6.08 Å². The predicted octanol–water partition coefficient (Wildman–Crippen LogP) is 3.15. The summed E-state index contributed by atoms with van der Waals surface area (Å²) < 4.78 is 1.04. The van der Waals surface area contributed by atoms with E-state index < -0.39 is 5.60 Å². The molecule has 1 saturated heterocycles. The number of hydrogen-bond acceptors (Lipinski definition) is 2. The second-order valence-corrected chi connectivity index (χ2v) is 4.86. The van der Waals surface area contributed by atoms with E-state index in [-0.39, 0.29) is 0 Å². The van der Waals surface area contributed by atoms with E-state index in [9.17, 15) is 5.11 Å². The molecule has 0 aliphatic carbocycles.